The second kappa shape index (κ2) is 10.8. The van der Waals surface area contributed by atoms with Crippen molar-refractivity contribution in [3.05, 3.63) is 65.7 Å². The third-order valence-electron chi connectivity index (χ3n) is 8.89. The molecule has 0 aliphatic carbocycles. The van der Waals surface area contributed by atoms with Crippen LogP contribution in [0.25, 0.3) is 0 Å². The molecule has 6 nitrogen and oxygen atoms in total. The van der Waals surface area contributed by atoms with Crippen molar-refractivity contribution in [1.29, 1.82) is 0 Å². The van der Waals surface area contributed by atoms with E-state index in [-0.39, 0.29) is 43.0 Å². The fourth-order valence-electron chi connectivity index (χ4n) is 6.41. The van der Waals surface area contributed by atoms with Gasteiger partial charge in [0.05, 0.1) is 6.10 Å². The molecule has 3 fully saturated rings. The molecule has 0 bridgehead atoms. The van der Waals surface area contributed by atoms with Crippen molar-refractivity contribution in [2.75, 3.05) is 32.8 Å². The van der Waals surface area contributed by atoms with Crippen LogP contribution in [0.2, 0.25) is 0 Å². The molecule has 2 aromatic rings. The number of amides is 2. The second-order valence-electron chi connectivity index (χ2n) is 11.2. The standard InChI is InChI=1S/C30H35F3N2O4/c1-28(30(31,32)33,21-8-3-2-4-9-21)27(37)35-15-13-29(14-16-35)18-26(36)34-19-24(29)23-11-5-6-12-25(23)39-20-22-10-7-17-38-22/h2-6,8-9,11-12,22,24H,7,10,13-20H2,1H3,(H,34,36)/t22?,24?,28-/m0/s1. The Hall–Kier alpha value is -3.07. The zero-order chi connectivity index (χ0) is 27.7. The summed E-state index contributed by atoms with van der Waals surface area (Å²) >= 11 is 0. The molecule has 0 radical (unpaired) electrons. The van der Waals surface area contributed by atoms with Gasteiger partial charge in [0.15, 0.2) is 5.41 Å². The molecule has 3 atom stereocenters. The number of piperidine rings is 2. The van der Waals surface area contributed by atoms with Crippen LogP contribution in [-0.4, -0.2) is 61.8 Å². The molecule has 2 aromatic carbocycles. The summed E-state index contributed by atoms with van der Waals surface area (Å²) in [5.74, 6) is -0.376. The number of carbonyl (C=O) groups is 2. The number of hydrogen-bond donors (Lipinski definition) is 1. The molecule has 2 amide bonds. The smallest absolute Gasteiger partial charge is 0.406 e. The van der Waals surface area contributed by atoms with Gasteiger partial charge in [-0.1, -0.05) is 48.5 Å². The highest BCUT2D eigenvalue weighted by molar-refractivity contribution is 5.89. The molecule has 2 unspecified atom stereocenters. The Bertz CT molecular complexity index is 1170. The molecule has 3 saturated heterocycles. The van der Waals surface area contributed by atoms with E-state index >= 15 is 0 Å². The number of hydrogen-bond acceptors (Lipinski definition) is 4. The van der Waals surface area contributed by atoms with Crippen molar-refractivity contribution >= 4 is 11.8 Å². The molecule has 0 saturated carbocycles. The predicted molar refractivity (Wildman–Crippen MR) is 139 cm³/mol. The molecule has 9 heteroatoms. The van der Waals surface area contributed by atoms with Gasteiger partial charge in [0.1, 0.15) is 12.4 Å². The molecular weight excluding hydrogens is 509 g/mol. The van der Waals surface area contributed by atoms with Gasteiger partial charge < -0.3 is 19.7 Å². The summed E-state index contributed by atoms with van der Waals surface area (Å²) in [5, 5.41) is 2.98. The van der Waals surface area contributed by atoms with Crippen molar-refractivity contribution in [3.63, 3.8) is 0 Å². The first kappa shape index (κ1) is 27.5. The van der Waals surface area contributed by atoms with E-state index in [9.17, 15) is 22.8 Å². The summed E-state index contributed by atoms with van der Waals surface area (Å²) < 4.78 is 55.1. The Labute approximate surface area is 226 Å². The molecule has 210 valence electrons. The normalized spacial score (nSPS) is 24.7. The number of halogens is 3. The average molecular weight is 545 g/mol. The summed E-state index contributed by atoms with van der Waals surface area (Å²) in [6.45, 7) is 2.87. The van der Waals surface area contributed by atoms with Gasteiger partial charge in [-0.15, -0.1) is 0 Å². The van der Waals surface area contributed by atoms with Crippen molar-refractivity contribution in [1.82, 2.24) is 10.2 Å². The molecule has 0 aromatic heterocycles. The number of benzene rings is 2. The topological polar surface area (TPSA) is 67.9 Å². The van der Waals surface area contributed by atoms with E-state index in [1.807, 2.05) is 24.3 Å². The third kappa shape index (κ3) is 5.25. The van der Waals surface area contributed by atoms with Crippen LogP contribution in [0.3, 0.4) is 0 Å². The van der Waals surface area contributed by atoms with Crippen molar-refractivity contribution in [3.8, 4) is 5.75 Å². The van der Waals surface area contributed by atoms with Gasteiger partial charge in [-0.25, -0.2) is 0 Å². The van der Waals surface area contributed by atoms with E-state index in [2.05, 4.69) is 5.32 Å². The second-order valence-corrected chi connectivity index (χ2v) is 11.2. The van der Waals surface area contributed by atoms with Crippen LogP contribution in [0.15, 0.2) is 54.6 Å². The number of ether oxygens (including phenoxy) is 2. The lowest BCUT2D eigenvalue weighted by Crippen LogP contribution is -2.58. The average Bonchev–Trinajstić information content (AvgIpc) is 3.46. The van der Waals surface area contributed by atoms with E-state index in [1.165, 1.54) is 29.2 Å². The van der Waals surface area contributed by atoms with Crippen molar-refractivity contribution < 1.29 is 32.2 Å². The first-order valence-corrected chi connectivity index (χ1v) is 13.7. The monoisotopic (exact) mass is 544 g/mol. The van der Waals surface area contributed by atoms with E-state index in [0.29, 0.717) is 26.0 Å². The number of carbonyl (C=O) groups excluding carboxylic acids is 2. The number of nitrogens with zero attached hydrogens (tertiary/aromatic N) is 1. The lowest BCUT2D eigenvalue weighted by Gasteiger charge is -2.50. The van der Waals surface area contributed by atoms with Gasteiger partial charge in [0.2, 0.25) is 11.8 Å². The Morgan fingerprint density at radius 3 is 2.46 bits per heavy atom. The lowest BCUT2D eigenvalue weighted by atomic mass is 9.62. The SMILES string of the molecule is C[C@@](C(=O)N1CCC2(CC1)CC(=O)NCC2c1ccccc1OCC1CCCO1)(c1ccccc1)C(F)(F)F. The summed E-state index contributed by atoms with van der Waals surface area (Å²) in [7, 11) is 0. The zero-order valence-electron chi connectivity index (χ0n) is 22.1. The Morgan fingerprint density at radius 1 is 1.10 bits per heavy atom. The van der Waals surface area contributed by atoms with E-state index in [4.69, 9.17) is 9.47 Å². The highest BCUT2D eigenvalue weighted by atomic mass is 19.4. The molecule has 39 heavy (non-hydrogen) atoms. The van der Waals surface area contributed by atoms with Crippen LogP contribution in [0.4, 0.5) is 13.2 Å². The van der Waals surface area contributed by atoms with Gasteiger partial charge in [-0.3, -0.25) is 9.59 Å². The first-order chi connectivity index (χ1) is 18.6. The summed E-state index contributed by atoms with van der Waals surface area (Å²) in [4.78, 5) is 27.4. The minimum absolute atomic E-state index is 0.0554. The Morgan fingerprint density at radius 2 is 1.79 bits per heavy atom. The van der Waals surface area contributed by atoms with Gasteiger partial charge in [0.25, 0.3) is 0 Å². The summed E-state index contributed by atoms with van der Waals surface area (Å²) in [5.41, 5.74) is -2.23. The van der Waals surface area contributed by atoms with E-state index in [0.717, 1.165) is 37.7 Å². The predicted octanol–water partition coefficient (Wildman–Crippen LogP) is 4.98. The molecule has 3 aliphatic rings. The molecule has 3 aliphatic heterocycles. The number of para-hydroxylation sites is 1. The largest absolute Gasteiger partial charge is 0.491 e. The maximum Gasteiger partial charge on any atom is 0.406 e. The molecule has 3 heterocycles. The number of alkyl halides is 3. The minimum Gasteiger partial charge on any atom is -0.491 e. The number of rotatable bonds is 6. The van der Waals surface area contributed by atoms with Crippen LogP contribution in [-0.2, 0) is 19.7 Å². The quantitative estimate of drug-likeness (QED) is 0.557. The van der Waals surface area contributed by atoms with E-state index in [1.54, 1.807) is 6.07 Å². The molecular formula is C30H35F3N2O4. The van der Waals surface area contributed by atoms with Gasteiger partial charge in [0, 0.05) is 38.6 Å². The van der Waals surface area contributed by atoms with Crippen LogP contribution < -0.4 is 10.1 Å². The fourth-order valence-corrected chi connectivity index (χ4v) is 6.41. The lowest BCUT2D eigenvalue weighted by molar-refractivity contribution is -0.198. The first-order valence-electron chi connectivity index (χ1n) is 13.7. The van der Waals surface area contributed by atoms with Crippen LogP contribution in [0, 0.1) is 5.41 Å². The maximum absolute atomic E-state index is 14.4. The Balaban J connectivity index is 1.37. The van der Waals surface area contributed by atoms with Crippen molar-refractivity contribution in [2.45, 2.75) is 62.6 Å². The maximum atomic E-state index is 14.4. The fraction of sp³-hybridized carbons (Fsp3) is 0.533. The molecule has 1 spiro atoms. The van der Waals surface area contributed by atoms with Crippen molar-refractivity contribution in [2.24, 2.45) is 5.41 Å². The van der Waals surface area contributed by atoms with Crippen LogP contribution >= 0.6 is 0 Å². The van der Waals surface area contributed by atoms with Crippen LogP contribution in [0.5, 0.6) is 5.75 Å². The zero-order valence-corrected chi connectivity index (χ0v) is 22.1. The minimum atomic E-state index is -4.76. The molecule has 1 N–H and O–H groups in total. The summed E-state index contributed by atoms with van der Waals surface area (Å²) in [6.07, 6.45) is -1.61. The van der Waals surface area contributed by atoms with Gasteiger partial charge in [-0.2, -0.15) is 13.2 Å². The Kier molecular flexibility index (Phi) is 7.64. The third-order valence-corrected chi connectivity index (χ3v) is 8.89. The highest BCUT2D eigenvalue weighted by Gasteiger charge is 2.60. The van der Waals surface area contributed by atoms with Gasteiger partial charge >= 0.3 is 6.18 Å². The summed E-state index contributed by atoms with van der Waals surface area (Å²) in [6, 6.07) is 15.1. The molecule has 5 rings (SSSR count). The van der Waals surface area contributed by atoms with Crippen LogP contribution in [0.1, 0.15) is 56.1 Å². The highest BCUT2D eigenvalue weighted by Crippen LogP contribution is 2.51. The van der Waals surface area contributed by atoms with Gasteiger partial charge in [-0.05, 0) is 55.2 Å². The van der Waals surface area contributed by atoms with E-state index < -0.39 is 22.9 Å². The number of nitrogens with one attached hydrogen (secondary N) is 1. The number of likely N-dealkylation sites (tertiary alicyclic amines) is 1.